The molecule has 23 heavy (non-hydrogen) atoms. The molecule has 2 unspecified atom stereocenters. The summed E-state index contributed by atoms with van der Waals surface area (Å²) in [5, 5.41) is 0. The number of carbonyl (C=O) groups is 1. The third-order valence-corrected chi connectivity index (χ3v) is 4.90. The van der Waals surface area contributed by atoms with E-state index < -0.39 is 0 Å². The lowest BCUT2D eigenvalue weighted by Crippen LogP contribution is -2.30. The molecule has 0 aromatic carbocycles. The van der Waals surface area contributed by atoms with E-state index in [2.05, 4.69) is 9.97 Å². The van der Waals surface area contributed by atoms with Crippen molar-refractivity contribution in [2.45, 2.75) is 12.8 Å². The highest BCUT2D eigenvalue weighted by Crippen LogP contribution is 2.30. The Morgan fingerprint density at radius 2 is 2.22 bits per heavy atom. The van der Waals surface area contributed by atoms with Crippen molar-refractivity contribution in [1.82, 2.24) is 19.4 Å². The molecular weight excluding hydrogens is 292 g/mol. The highest BCUT2D eigenvalue weighted by Gasteiger charge is 2.34. The minimum Gasteiger partial charge on any atom is -0.381 e. The fraction of sp³-hybridized carbons (Fsp3) is 0.471. The average molecular weight is 312 g/mol. The SMILES string of the molecule is O=C(c1ccnc(-n2ccnc2)c1)N1CCC(C2CCOC2)C1. The van der Waals surface area contributed by atoms with Crippen LogP contribution in [0.1, 0.15) is 23.2 Å². The topological polar surface area (TPSA) is 60.2 Å². The van der Waals surface area contributed by atoms with E-state index in [-0.39, 0.29) is 5.91 Å². The van der Waals surface area contributed by atoms with Gasteiger partial charge in [-0.15, -0.1) is 0 Å². The lowest BCUT2D eigenvalue weighted by molar-refractivity contribution is 0.0780. The van der Waals surface area contributed by atoms with E-state index in [0.29, 0.717) is 23.2 Å². The number of hydrogen-bond acceptors (Lipinski definition) is 4. The molecule has 2 aliphatic rings. The normalized spacial score (nSPS) is 24.3. The van der Waals surface area contributed by atoms with Crippen molar-refractivity contribution in [2.24, 2.45) is 11.8 Å². The van der Waals surface area contributed by atoms with Gasteiger partial charge in [-0.1, -0.05) is 0 Å². The zero-order valence-electron chi connectivity index (χ0n) is 13.0. The molecule has 0 aliphatic carbocycles. The first-order valence-electron chi connectivity index (χ1n) is 8.12. The van der Waals surface area contributed by atoms with Gasteiger partial charge in [0.25, 0.3) is 5.91 Å². The summed E-state index contributed by atoms with van der Waals surface area (Å²) in [6.45, 7) is 3.40. The Kier molecular flexibility index (Phi) is 3.83. The van der Waals surface area contributed by atoms with Gasteiger partial charge in [-0.3, -0.25) is 9.36 Å². The first kappa shape index (κ1) is 14.4. The molecule has 6 heteroatoms. The van der Waals surface area contributed by atoms with E-state index in [1.54, 1.807) is 29.4 Å². The minimum atomic E-state index is 0.0928. The van der Waals surface area contributed by atoms with Gasteiger partial charge in [0.1, 0.15) is 12.1 Å². The Morgan fingerprint density at radius 3 is 3.00 bits per heavy atom. The van der Waals surface area contributed by atoms with Gasteiger partial charge in [-0.05, 0) is 36.8 Å². The molecule has 0 radical (unpaired) electrons. The van der Waals surface area contributed by atoms with E-state index in [9.17, 15) is 4.79 Å². The predicted octanol–water partition coefficient (Wildman–Crippen LogP) is 1.77. The van der Waals surface area contributed by atoms with Crippen LogP contribution in [-0.4, -0.2) is 51.6 Å². The van der Waals surface area contributed by atoms with Crippen molar-refractivity contribution in [3.05, 3.63) is 42.6 Å². The van der Waals surface area contributed by atoms with Crippen molar-refractivity contribution < 1.29 is 9.53 Å². The largest absolute Gasteiger partial charge is 0.381 e. The molecule has 2 aromatic rings. The molecule has 2 fully saturated rings. The van der Waals surface area contributed by atoms with E-state index in [1.165, 1.54) is 0 Å². The van der Waals surface area contributed by atoms with Crippen LogP contribution in [0.5, 0.6) is 0 Å². The van der Waals surface area contributed by atoms with Crippen LogP contribution in [0, 0.1) is 11.8 Å². The number of hydrogen-bond donors (Lipinski definition) is 0. The number of carbonyl (C=O) groups excluding carboxylic acids is 1. The minimum absolute atomic E-state index is 0.0928. The first-order valence-corrected chi connectivity index (χ1v) is 8.12. The first-order chi connectivity index (χ1) is 11.3. The van der Waals surface area contributed by atoms with Gasteiger partial charge in [0.15, 0.2) is 0 Å². The van der Waals surface area contributed by atoms with Crippen molar-refractivity contribution in [1.29, 1.82) is 0 Å². The number of pyridine rings is 1. The number of aromatic nitrogens is 3. The number of rotatable bonds is 3. The number of amides is 1. The van der Waals surface area contributed by atoms with Crippen LogP contribution in [0.25, 0.3) is 5.82 Å². The Morgan fingerprint density at radius 1 is 1.26 bits per heavy atom. The highest BCUT2D eigenvalue weighted by atomic mass is 16.5. The second kappa shape index (κ2) is 6.12. The molecule has 2 aliphatic heterocycles. The maximum absolute atomic E-state index is 12.8. The maximum atomic E-state index is 12.8. The van der Waals surface area contributed by atoms with Crippen LogP contribution in [0.2, 0.25) is 0 Å². The number of imidazole rings is 1. The summed E-state index contributed by atoms with van der Waals surface area (Å²) in [5.74, 6) is 2.01. The molecule has 1 amide bonds. The van der Waals surface area contributed by atoms with Gasteiger partial charge in [0.05, 0.1) is 0 Å². The number of ether oxygens (including phenoxy) is 1. The van der Waals surface area contributed by atoms with Gasteiger partial charge in [-0.25, -0.2) is 9.97 Å². The molecule has 0 bridgehead atoms. The average Bonchev–Trinajstić information content (AvgIpc) is 3.36. The Bertz CT molecular complexity index is 680. The third-order valence-electron chi connectivity index (χ3n) is 4.90. The van der Waals surface area contributed by atoms with Crippen LogP contribution in [-0.2, 0) is 4.74 Å². The molecular formula is C17H20N4O2. The van der Waals surface area contributed by atoms with Gasteiger partial charge < -0.3 is 9.64 Å². The fourth-order valence-electron chi connectivity index (χ4n) is 3.55. The summed E-state index contributed by atoms with van der Waals surface area (Å²) in [6, 6.07) is 3.62. The summed E-state index contributed by atoms with van der Waals surface area (Å²) in [4.78, 5) is 23.1. The molecule has 0 spiro atoms. The van der Waals surface area contributed by atoms with E-state index in [1.807, 2.05) is 17.2 Å². The van der Waals surface area contributed by atoms with Gasteiger partial charge in [0, 0.05) is 50.5 Å². The summed E-state index contributed by atoms with van der Waals surface area (Å²) >= 11 is 0. The van der Waals surface area contributed by atoms with Gasteiger partial charge >= 0.3 is 0 Å². The second-order valence-corrected chi connectivity index (χ2v) is 6.30. The monoisotopic (exact) mass is 312 g/mol. The summed E-state index contributed by atoms with van der Waals surface area (Å²) < 4.78 is 7.29. The standard InChI is InChI=1S/C17H20N4O2/c22-17(20-6-2-14(10-20)15-3-8-23-11-15)13-1-4-19-16(9-13)21-7-5-18-12-21/h1,4-5,7,9,12,14-15H,2-3,6,8,10-11H2. The highest BCUT2D eigenvalue weighted by molar-refractivity contribution is 5.94. The smallest absolute Gasteiger partial charge is 0.254 e. The molecule has 2 saturated heterocycles. The van der Waals surface area contributed by atoms with Crippen LogP contribution >= 0.6 is 0 Å². The summed E-state index contributed by atoms with van der Waals surface area (Å²) in [6.07, 6.45) is 9.10. The number of nitrogens with zero attached hydrogens (tertiary/aromatic N) is 4. The lowest BCUT2D eigenvalue weighted by Gasteiger charge is -2.19. The summed E-state index contributed by atoms with van der Waals surface area (Å²) in [5.41, 5.74) is 0.687. The Labute approximate surface area is 135 Å². The van der Waals surface area contributed by atoms with E-state index in [4.69, 9.17) is 4.74 Å². The molecule has 4 rings (SSSR count). The zero-order valence-corrected chi connectivity index (χ0v) is 13.0. The predicted molar refractivity (Wildman–Crippen MR) is 84.3 cm³/mol. The molecule has 120 valence electrons. The molecule has 6 nitrogen and oxygen atoms in total. The maximum Gasteiger partial charge on any atom is 0.254 e. The molecule has 2 aromatic heterocycles. The summed E-state index contributed by atoms with van der Waals surface area (Å²) in [7, 11) is 0. The molecule has 2 atom stereocenters. The molecule has 0 saturated carbocycles. The third kappa shape index (κ3) is 2.86. The quantitative estimate of drug-likeness (QED) is 0.866. The van der Waals surface area contributed by atoms with Crippen LogP contribution in [0.3, 0.4) is 0 Å². The zero-order chi connectivity index (χ0) is 15.6. The molecule has 0 N–H and O–H groups in total. The number of likely N-dealkylation sites (tertiary alicyclic amines) is 1. The molecule has 4 heterocycles. The van der Waals surface area contributed by atoms with Gasteiger partial charge in [-0.2, -0.15) is 0 Å². The van der Waals surface area contributed by atoms with Crippen molar-refractivity contribution in [3.63, 3.8) is 0 Å². The van der Waals surface area contributed by atoms with Crippen LogP contribution in [0.4, 0.5) is 0 Å². The van der Waals surface area contributed by atoms with E-state index in [0.717, 1.165) is 39.1 Å². The van der Waals surface area contributed by atoms with Crippen molar-refractivity contribution >= 4 is 5.91 Å². The Hall–Kier alpha value is -2.21. The second-order valence-electron chi connectivity index (χ2n) is 6.30. The van der Waals surface area contributed by atoms with Crippen molar-refractivity contribution in [2.75, 3.05) is 26.3 Å². The van der Waals surface area contributed by atoms with Crippen molar-refractivity contribution in [3.8, 4) is 5.82 Å². The van der Waals surface area contributed by atoms with Crippen LogP contribution in [0.15, 0.2) is 37.1 Å². The van der Waals surface area contributed by atoms with E-state index >= 15 is 0 Å². The van der Waals surface area contributed by atoms with Crippen LogP contribution < -0.4 is 0 Å². The Balaban J connectivity index is 1.48. The fourth-order valence-corrected chi connectivity index (χ4v) is 3.55. The van der Waals surface area contributed by atoms with Gasteiger partial charge in [0.2, 0.25) is 0 Å². The lowest BCUT2D eigenvalue weighted by atomic mass is 9.91.